The summed E-state index contributed by atoms with van der Waals surface area (Å²) >= 11 is 9.91. The predicted octanol–water partition coefficient (Wildman–Crippen LogP) is 4.95. The van der Waals surface area contributed by atoms with Gasteiger partial charge in [-0.05, 0) is 52.4 Å². The number of hydrogen-bond acceptors (Lipinski definition) is 2. The highest BCUT2D eigenvalue weighted by Gasteiger charge is 2.31. The van der Waals surface area contributed by atoms with Crippen LogP contribution in [0.2, 0.25) is 5.02 Å². The predicted molar refractivity (Wildman–Crippen MR) is 96.4 cm³/mol. The molecule has 0 spiro atoms. The molecule has 0 aromatic heterocycles. The molecule has 1 aliphatic heterocycles. The van der Waals surface area contributed by atoms with Crippen LogP contribution in [-0.4, -0.2) is 25.2 Å². The number of halogens is 2. The Morgan fingerprint density at radius 1 is 1.33 bits per heavy atom. The van der Waals surface area contributed by atoms with Crippen LogP contribution in [-0.2, 0) is 0 Å². The van der Waals surface area contributed by atoms with Crippen LogP contribution in [0.15, 0.2) is 22.7 Å². The minimum Gasteiger partial charge on any atom is -0.364 e. The summed E-state index contributed by atoms with van der Waals surface area (Å²) in [4.78, 5) is 2.53. The monoisotopic (exact) mass is 372 g/mol. The van der Waals surface area contributed by atoms with Gasteiger partial charge in [-0.25, -0.2) is 0 Å². The van der Waals surface area contributed by atoms with E-state index >= 15 is 0 Å². The van der Waals surface area contributed by atoms with Crippen LogP contribution in [0, 0.1) is 11.8 Å². The van der Waals surface area contributed by atoms with Gasteiger partial charge in [0, 0.05) is 34.7 Å². The average Bonchev–Trinajstić information content (AvgIpc) is 2.40. The number of nitrogens with one attached hydrogen (secondary N) is 1. The van der Waals surface area contributed by atoms with Gasteiger partial charge in [0.2, 0.25) is 0 Å². The lowest BCUT2D eigenvalue weighted by Crippen LogP contribution is -2.58. The Bertz CT molecular complexity index is 476. The van der Waals surface area contributed by atoms with Gasteiger partial charge in [-0.2, -0.15) is 0 Å². The van der Waals surface area contributed by atoms with Gasteiger partial charge >= 0.3 is 0 Å². The summed E-state index contributed by atoms with van der Waals surface area (Å²) in [7, 11) is 0. The van der Waals surface area contributed by atoms with Crippen LogP contribution in [0.1, 0.15) is 34.1 Å². The average molecular weight is 374 g/mol. The Morgan fingerprint density at radius 2 is 2.05 bits per heavy atom. The van der Waals surface area contributed by atoms with E-state index in [0.717, 1.165) is 22.6 Å². The van der Waals surface area contributed by atoms with E-state index in [1.54, 1.807) is 0 Å². The van der Waals surface area contributed by atoms with Gasteiger partial charge in [0.1, 0.15) is 0 Å². The highest BCUT2D eigenvalue weighted by molar-refractivity contribution is 9.10. The molecule has 1 aromatic carbocycles. The van der Waals surface area contributed by atoms with Crippen molar-refractivity contribution in [1.82, 2.24) is 5.32 Å². The number of hydrogen-bond donors (Lipinski definition) is 1. The van der Waals surface area contributed by atoms with Crippen molar-refractivity contribution in [2.24, 2.45) is 11.8 Å². The largest absolute Gasteiger partial charge is 0.364 e. The second-order valence-corrected chi connectivity index (χ2v) is 8.08. The molecule has 2 nitrogen and oxygen atoms in total. The summed E-state index contributed by atoms with van der Waals surface area (Å²) in [6.45, 7) is 11.2. The molecule has 1 heterocycles. The molecule has 0 aliphatic carbocycles. The maximum atomic E-state index is 6.22. The third-order valence-electron chi connectivity index (χ3n) is 4.18. The first-order chi connectivity index (χ1) is 9.88. The maximum absolute atomic E-state index is 6.22. The van der Waals surface area contributed by atoms with Crippen molar-refractivity contribution in [3.63, 3.8) is 0 Å². The van der Waals surface area contributed by atoms with E-state index in [9.17, 15) is 0 Å². The van der Waals surface area contributed by atoms with Crippen molar-refractivity contribution in [2.45, 2.75) is 46.2 Å². The molecule has 1 saturated heterocycles. The number of piperazine rings is 1. The third-order valence-corrected chi connectivity index (χ3v) is 5.08. The first kappa shape index (κ1) is 17.1. The Morgan fingerprint density at radius 3 is 2.67 bits per heavy atom. The Kier molecular flexibility index (Phi) is 5.98. The maximum Gasteiger partial charge on any atom is 0.0529 e. The molecule has 1 aliphatic rings. The molecule has 0 saturated carbocycles. The van der Waals surface area contributed by atoms with Crippen LogP contribution >= 0.6 is 27.5 Å². The molecular weight excluding hydrogens is 348 g/mol. The van der Waals surface area contributed by atoms with Crippen LogP contribution in [0.3, 0.4) is 0 Å². The van der Waals surface area contributed by atoms with Crippen LogP contribution in [0.25, 0.3) is 0 Å². The summed E-state index contributed by atoms with van der Waals surface area (Å²) in [6, 6.07) is 7.12. The van der Waals surface area contributed by atoms with E-state index in [-0.39, 0.29) is 0 Å². The summed E-state index contributed by atoms with van der Waals surface area (Å²) < 4.78 is 1.13. The first-order valence-electron chi connectivity index (χ1n) is 7.83. The van der Waals surface area contributed by atoms with Crippen molar-refractivity contribution >= 4 is 33.2 Å². The van der Waals surface area contributed by atoms with Crippen molar-refractivity contribution in [1.29, 1.82) is 0 Å². The van der Waals surface area contributed by atoms with Crippen molar-refractivity contribution in [2.75, 3.05) is 18.0 Å². The van der Waals surface area contributed by atoms with E-state index in [1.165, 1.54) is 12.1 Å². The lowest BCUT2D eigenvalue weighted by atomic mass is 9.94. The Hall–Kier alpha value is -0.250. The fraction of sp³-hybridized carbons (Fsp3) is 0.647. The quantitative estimate of drug-likeness (QED) is 0.803. The highest BCUT2D eigenvalue weighted by Crippen LogP contribution is 2.33. The summed E-state index contributed by atoms with van der Waals surface area (Å²) in [6.07, 6.45) is 1.21. The molecule has 4 heteroatoms. The molecule has 2 unspecified atom stereocenters. The normalized spacial score (nSPS) is 23.1. The van der Waals surface area contributed by atoms with Gasteiger partial charge in [-0.3, -0.25) is 0 Å². The van der Waals surface area contributed by atoms with E-state index in [1.807, 2.05) is 6.07 Å². The molecule has 2 rings (SSSR count). The molecular formula is C17H26BrClN2. The third kappa shape index (κ3) is 4.37. The van der Waals surface area contributed by atoms with Gasteiger partial charge < -0.3 is 10.2 Å². The van der Waals surface area contributed by atoms with Gasteiger partial charge in [0.05, 0.1) is 5.69 Å². The summed E-state index contributed by atoms with van der Waals surface area (Å²) in [5.41, 5.74) is 1.22. The van der Waals surface area contributed by atoms with Crippen molar-refractivity contribution in [3.05, 3.63) is 27.7 Å². The van der Waals surface area contributed by atoms with Crippen LogP contribution < -0.4 is 10.2 Å². The SMILES string of the molecule is CC(C)CC1CN(c2cc(Cl)ccc2Br)C(C(C)C)CN1. The molecule has 1 fully saturated rings. The fourth-order valence-corrected chi connectivity index (χ4v) is 3.78. The lowest BCUT2D eigenvalue weighted by Gasteiger charge is -2.44. The lowest BCUT2D eigenvalue weighted by molar-refractivity contribution is 0.310. The van der Waals surface area contributed by atoms with Crippen molar-refractivity contribution in [3.8, 4) is 0 Å². The zero-order chi connectivity index (χ0) is 15.6. The van der Waals surface area contributed by atoms with Crippen LogP contribution in [0.5, 0.6) is 0 Å². The fourth-order valence-electron chi connectivity index (χ4n) is 3.14. The molecule has 0 bridgehead atoms. The molecule has 21 heavy (non-hydrogen) atoms. The standard InChI is InChI=1S/C17H26BrClN2/c1-11(2)7-14-10-21(17(9-20-14)12(3)4)16-8-13(19)5-6-15(16)18/h5-6,8,11-12,14,17,20H,7,9-10H2,1-4H3. The van der Waals surface area contributed by atoms with Gasteiger partial charge in [-0.1, -0.05) is 39.3 Å². The molecule has 118 valence electrons. The molecule has 1 N–H and O–H groups in total. The number of rotatable bonds is 4. The Labute approximate surface area is 142 Å². The molecule has 0 radical (unpaired) electrons. The summed E-state index contributed by atoms with van der Waals surface area (Å²) in [5.74, 6) is 1.31. The van der Waals surface area contributed by atoms with E-state index < -0.39 is 0 Å². The zero-order valence-electron chi connectivity index (χ0n) is 13.4. The molecule has 0 amide bonds. The van der Waals surface area contributed by atoms with Gasteiger partial charge in [0.25, 0.3) is 0 Å². The van der Waals surface area contributed by atoms with E-state index in [2.05, 4.69) is 66.0 Å². The first-order valence-corrected chi connectivity index (χ1v) is 9.00. The van der Waals surface area contributed by atoms with Gasteiger partial charge in [0.15, 0.2) is 0 Å². The Balaban J connectivity index is 2.27. The number of nitrogens with zero attached hydrogens (tertiary/aromatic N) is 1. The summed E-state index contributed by atoms with van der Waals surface area (Å²) in [5, 5.41) is 4.53. The van der Waals surface area contributed by atoms with E-state index in [4.69, 9.17) is 11.6 Å². The van der Waals surface area contributed by atoms with Gasteiger partial charge in [-0.15, -0.1) is 0 Å². The second-order valence-electron chi connectivity index (χ2n) is 6.79. The minimum atomic E-state index is 0.503. The zero-order valence-corrected chi connectivity index (χ0v) is 15.7. The number of benzene rings is 1. The topological polar surface area (TPSA) is 15.3 Å². The van der Waals surface area contributed by atoms with E-state index in [0.29, 0.717) is 23.9 Å². The van der Waals surface area contributed by atoms with Crippen LogP contribution in [0.4, 0.5) is 5.69 Å². The minimum absolute atomic E-state index is 0.503. The molecule has 1 aromatic rings. The second kappa shape index (κ2) is 7.34. The smallest absolute Gasteiger partial charge is 0.0529 e. The highest BCUT2D eigenvalue weighted by atomic mass is 79.9. The number of anilines is 1. The molecule has 2 atom stereocenters. The van der Waals surface area contributed by atoms with Crippen molar-refractivity contribution < 1.29 is 0 Å².